The highest BCUT2D eigenvalue weighted by Crippen LogP contribution is 2.27. The summed E-state index contributed by atoms with van der Waals surface area (Å²) in [6, 6.07) is 4.06. The van der Waals surface area contributed by atoms with Crippen molar-refractivity contribution in [3.8, 4) is 5.75 Å². The van der Waals surface area contributed by atoms with Crippen molar-refractivity contribution >= 4 is 11.6 Å². The summed E-state index contributed by atoms with van der Waals surface area (Å²) in [5, 5.41) is 4.19. The van der Waals surface area contributed by atoms with E-state index >= 15 is 0 Å². The Morgan fingerprint density at radius 2 is 2.06 bits per heavy atom. The molecule has 4 heteroatoms. The second-order valence-corrected chi connectivity index (χ2v) is 5.16. The number of rotatable bonds is 4. The number of halogens is 1. The van der Waals surface area contributed by atoms with Crippen LogP contribution in [-0.2, 0) is 6.42 Å². The molecule has 100 valence electrons. The Hall–Kier alpha value is -0.770. The minimum absolute atomic E-state index is 0.825. The molecule has 0 radical (unpaired) electrons. The van der Waals surface area contributed by atoms with Gasteiger partial charge >= 0.3 is 0 Å². The van der Waals surface area contributed by atoms with Crippen molar-refractivity contribution in [3.05, 3.63) is 28.3 Å². The molecule has 1 aliphatic rings. The normalized spacial score (nSPS) is 16.8. The summed E-state index contributed by atoms with van der Waals surface area (Å²) in [5.41, 5.74) is 2.27. The van der Waals surface area contributed by atoms with E-state index in [0.29, 0.717) is 0 Å². The van der Waals surface area contributed by atoms with Crippen LogP contribution in [0.5, 0.6) is 5.75 Å². The van der Waals surface area contributed by atoms with E-state index in [4.69, 9.17) is 16.3 Å². The van der Waals surface area contributed by atoms with E-state index in [1.807, 2.05) is 19.1 Å². The zero-order valence-electron chi connectivity index (χ0n) is 11.1. The number of ether oxygens (including phenoxy) is 1. The summed E-state index contributed by atoms with van der Waals surface area (Å²) in [6.45, 7) is 7.50. The zero-order chi connectivity index (χ0) is 13.0. The highest BCUT2D eigenvalue weighted by Gasteiger charge is 2.12. The Labute approximate surface area is 114 Å². The maximum atomic E-state index is 6.19. The third-order valence-electron chi connectivity index (χ3n) is 3.47. The first-order valence-corrected chi connectivity index (χ1v) is 6.84. The number of hydrogen-bond acceptors (Lipinski definition) is 3. The molecule has 0 bridgehead atoms. The van der Waals surface area contributed by atoms with E-state index in [1.165, 1.54) is 5.56 Å². The van der Waals surface area contributed by atoms with Gasteiger partial charge in [-0.1, -0.05) is 11.6 Å². The van der Waals surface area contributed by atoms with Crippen molar-refractivity contribution in [3.63, 3.8) is 0 Å². The van der Waals surface area contributed by atoms with Gasteiger partial charge in [-0.15, -0.1) is 0 Å². The molecule has 0 spiro atoms. The number of hydrogen-bond donors (Lipinski definition) is 1. The standard InChI is InChI=1S/C14H21ClN2O/c1-11-9-14(18-2)12(10-13(11)15)3-6-17-7-4-16-5-8-17/h9-10,16H,3-8H2,1-2H3. The van der Waals surface area contributed by atoms with E-state index in [9.17, 15) is 0 Å². The maximum absolute atomic E-state index is 6.19. The second kappa shape index (κ2) is 6.41. The van der Waals surface area contributed by atoms with Gasteiger partial charge in [-0.2, -0.15) is 0 Å². The summed E-state index contributed by atoms with van der Waals surface area (Å²) >= 11 is 6.19. The molecule has 1 saturated heterocycles. The highest BCUT2D eigenvalue weighted by atomic mass is 35.5. The van der Waals surface area contributed by atoms with Gasteiger partial charge in [-0.3, -0.25) is 0 Å². The molecule has 0 aromatic heterocycles. The molecule has 1 N–H and O–H groups in total. The molecule has 3 nitrogen and oxygen atoms in total. The van der Waals surface area contributed by atoms with Crippen LogP contribution in [0.3, 0.4) is 0 Å². The first-order chi connectivity index (χ1) is 8.70. The average molecular weight is 269 g/mol. The van der Waals surface area contributed by atoms with Crippen LogP contribution in [0, 0.1) is 6.92 Å². The molecular weight excluding hydrogens is 248 g/mol. The third-order valence-corrected chi connectivity index (χ3v) is 3.88. The molecule has 1 aromatic rings. The minimum Gasteiger partial charge on any atom is -0.496 e. The van der Waals surface area contributed by atoms with Gasteiger partial charge in [0.05, 0.1) is 7.11 Å². The fourth-order valence-electron chi connectivity index (χ4n) is 2.29. The summed E-state index contributed by atoms with van der Waals surface area (Å²) in [7, 11) is 1.72. The molecule has 1 fully saturated rings. The topological polar surface area (TPSA) is 24.5 Å². The van der Waals surface area contributed by atoms with E-state index in [-0.39, 0.29) is 0 Å². The molecule has 2 rings (SSSR count). The lowest BCUT2D eigenvalue weighted by molar-refractivity contribution is 0.243. The number of aryl methyl sites for hydroxylation is 1. The smallest absolute Gasteiger partial charge is 0.122 e. The lowest BCUT2D eigenvalue weighted by atomic mass is 10.1. The van der Waals surface area contributed by atoms with Gasteiger partial charge in [0.2, 0.25) is 0 Å². The third kappa shape index (κ3) is 3.37. The number of piperazine rings is 1. The Morgan fingerprint density at radius 3 is 2.72 bits per heavy atom. The molecule has 1 heterocycles. The van der Waals surface area contributed by atoms with Crippen molar-refractivity contribution in [1.29, 1.82) is 0 Å². The number of methoxy groups -OCH3 is 1. The Kier molecular flexibility index (Phi) is 4.87. The quantitative estimate of drug-likeness (QED) is 0.905. The van der Waals surface area contributed by atoms with Crippen molar-refractivity contribution in [2.45, 2.75) is 13.3 Å². The average Bonchev–Trinajstić information content (AvgIpc) is 2.41. The van der Waals surface area contributed by atoms with Crippen molar-refractivity contribution in [2.75, 3.05) is 39.8 Å². The summed E-state index contributed by atoms with van der Waals surface area (Å²) in [5.74, 6) is 0.951. The number of nitrogens with zero attached hydrogens (tertiary/aromatic N) is 1. The Morgan fingerprint density at radius 1 is 1.33 bits per heavy atom. The molecule has 0 unspecified atom stereocenters. The largest absolute Gasteiger partial charge is 0.496 e. The van der Waals surface area contributed by atoms with E-state index in [1.54, 1.807) is 7.11 Å². The summed E-state index contributed by atoms with van der Waals surface area (Å²) in [4.78, 5) is 2.48. The van der Waals surface area contributed by atoms with Crippen LogP contribution >= 0.6 is 11.6 Å². The van der Waals surface area contributed by atoms with Crippen molar-refractivity contribution in [1.82, 2.24) is 10.2 Å². The van der Waals surface area contributed by atoms with E-state index in [0.717, 1.165) is 55.5 Å². The fourth-order valence-corrected chi connectivity index (χ4v) is 2.48. The predicted molar refractivity (Wildman–Crippen MR) is 75.8 cm³/mol. The maximum Gasteiger partial charge on any atom is 0.122 e. The molecule has 18 heavy (non-hydrogen) atoms. The summed E-state index contributed by atoms with van der Waals surface area (Å²) in [6.07, 6.45) is 0.989. The zero-order valence-corrected chi connectivity index (χ0v) is 11.9. The van der Waals surface area contributed by atoms with Gasteiger partial charge in [0.1, 0.15) is 5.75 Å². The molecule has 0 amide bonds. The van der Waals surface area contributed by atoms with Gasteiger partial charge in [0, 0.05) is 37.7 Å². The second-order valence-electron chi connectivity index (χ2n) is 4.75. The van der Waals surface area contributed by atoms with Crippen LogP contribution in [0.25, 0.3) is 0 Å². The Bertz CT molecular complexity index is 403. The van der Waals surface area contributed by atoms with Gasteiger partial charge < -0.3 is 15.0 Å². The lowest BCUT2D eigenvalue weighted by Gasteiger charge is -2.27. The van der Waals surface area contributed by atoms with Gasteiger partial charge in [0.15, 0.2) is 0 Å². The van der Waals surface area contributed by atoms with Crippen molar-refractivity contribution < 1.29 is 4.74 Å². The first-order valence-electron chi connectivity index (χ1n) is 6.47. The Balaban J connectivity index is 2.01. The summed E-state index contributed by atoms with van der Waals surface area (Å²) < 4.78 is 5.43. The van der Waals surface area contributed by atoms with E-state index in [2.05, 4.69) is 10.2 Å². The van der Waals surface area contributed by atoms with E-state index < -0.39 is 0 Å². The van der Waals surface area contributed by atoms with Gasteiger partial charge in [-0.05, 0) is 36.6 Å². The fraction of sp³-hybridized carbons (Fsp3) is 0.571. The molecular formula is C14H21ClN2O. The van der Waals surface area contributed by atoms with Crippen LogP contribution in [0.4, 0.5) is 0 Å². The molecule has 0 atom stereocenters. The minimum atomic E-state index is 0.825. The molecule has 1 aromatic carbocycles. The first kappa shape index (κ1) is 13.7. The SMILES string of the molecule is COc1cc(C)c(Cl)cc1CCN1CCNCC1. The van der Waals surface area contributed by atoms with Crippen LogP contribution in [0.15, 0.2) is 12.1 Å². The highest BCUT2D eigenvalue weighted by molar-refractivity contribution is 6.31. The van der Waals surface area contributed by atoms with Gasteiger partial charge in [-0.25, -0.2) is 0 Å². The predicted octanol–water partition coefficient (Wildman–Crippen LogP) is 2.10. The molecule has 1 aliphatic heterocycles. The monoisotopic (exact) mass is 268 g/mol. The number of nitrogens with one attached hydrogen (secondary N) is 1. The van der Waals surface area contributed by atoms with Gasteiger partial charge in [0.25, 0.3) is 0 Å². The molecule has 0 aliphatic carbocycles. The number of benzene rings is 1. The lowest BCUT2D eigenvalue weighted by Crippen LogP contribution is -2.44. The van der Waals surface area contributed by atoms with Crippen LogP contribution in [-0.4, -0.2) is 44.7 Å². The van der Waals surface area contributed by atoms with Crippen LogP contribution < -0.4 is 10.1 Å². The van der Waals surface area contributed by atoms with Crippen LogP contribution in [0.2, 0.25) is 5.02 Å². The van der Waals surface area contributed by atoms with Crippen LogP contribution in [0.1, 0.15) is 11.1 Å². The molecule has 0 saturated carbocycles. The van der Waals surface area contributed by atoms with Crippen molar-refractivity contribution in [2.24, 2.45) is 0 Å².